The molecule has 20 heavy (non-hydrogen) atoms. The summed E-state index contributed by atoms with van der Waals surface area (Å²) < 4.78 is 3.73. The second kappa shape index (κ2) is 5.34. The molecule has 3 aromatic rings. The number of nitrogens with zero attached hydrogens (tertiary/aromatic N) is 3. The molecule has 1 amide bonds. The van der Waals surface area contributed by atoms with E-state index in [-0.39, 0.29) is 5.91 Å². The van der Waals surface area contributed by atoms with Gasteiger partial charge in [-0.25, -0.2) is 4.98 Å². The second-order valence-electron chi connectivity index (χ2n) is 4.14. The topological polar surface area (TPSA) is 59.8 Å². The lowest BCUT2D eigenvalue weighted by atomic mass is 10.3. The molecule has 1 N–H and O–H groups in total. The number of halogens is 1. The van der Waals surface area contributed by atoms with Crippen molar-refractivity contribution in [1.82, 2.24) is 14.8 Å². The van der Waals surface area contributed by atoms with Crippen molar-refractivity contribution in [2.45, 2.75) is 13.5 Å². The third-order valence-corrected chi connectivity index (χ3v) is 4.20. The van der Waals surface area contributed by atoms with E-state index in [4.69, 9.17) is 0 Å². The maximum Gasteiger partial charge on any atom is 0.277 e. The molecule has 3 rings (SSSR count). The van der Waals surface area contributed by atoms with Crippen LogP contribution in [0.3, 0.4) is 0 Å². The molecule has 102 valence electrons. The molecule has 7 heteroatoms. The van der Waals surface area contributed by atoms with Crippen molar-refractivity contribution in [2.75, 3.05) is 5.32 Å². The lowest BCUT2D eigenvalue weighted by molar-refractivity contribution is 0.102. The van der Waals surface area contributed by atoms with Gasteiger partial charge in [0.05, 0.1) is 10.2 Å². The highest BCUT2D eigenvalue weighted by Gasteiger charge is 2.12. The average Bonchev–Trinajstić information content (AvgIpc) is 3.03. The summed E-state index contributed by atoms with van der Waals surface area (Å²) in [5, 5.41) is 7.53. The molecule has 2 aromatic heterocycles. The number of thiazole rings is 1. The summed E-state index contributed by atoms with van der Waals surface area (Å²) in [6.07, 6.45) is 1.78. The van der Waals surface area contributed by atoms with Gasteiger partial charge in [0.25, 0.3) is 5.91 Å². The van der Waals surface area contributed by atoms with Crippen molar-refractivity contribution >= 4 is 48.5 Å². The molecule has 0 saturated heterocycles. The number of amides is 1. The summed E-state index contributed by atoms with van der Waals surface area (Å²) >= 11 is 4.86. The maximum absolute atomic E-state index is 12.1. The maximum atomic E-state index is 12.1. The number of anilines is 1. The Kier molecular flexibility index (Phi) is 3.54. The van der Waals surface area contributed by atoms with Crippen molar-refractivity contribution < 1.29 is 4.79 Å². The normalized spacial score (nSPS) is 10.9. The minimum atomic E-state index is -0.240. The van der Waals surface area contributed by atoms with Crippen molar-refractivity contribution in [1.29, 1.82) is 0 Å². The predicted molar refractivity (Wildman–Crippen MR) is 83.2 cm³/mol. The Morgan fingerprint density at radius 3 is 3.05 bits per heavy atom. The number of carbonyl (C=O) groups is 1. The van der Waals surface area contributed by atoms with Crippen molar-refractivity contribution in [2.24, 2.45) is 0 Å². The van der Waals surface area contributed by atoms with Gasteiger partial charge in [-0.15, -0.1) is 0 Å². The first kappa shape index (κ1) is 13.3. The third kappa shape index (κ3) is 2.59. The summed E-state index contributed by atoms with van der Waals surface area (Å²) in [5.41, 5.74) is 1.26. The summed E-state index contributed by atoms with van der Waals surface area (Å²) in [4.78, 5) is 16.4. The van der Waals surface area contributed by atoms with Gasteiger partial charge in [-0.3, -0.25) is 14.8 Å². The summed E-state index contributed by atoms with van der Waals surface area (Å²) in [6, 6.07) is 7.52. The number of benzene rings is 1. The van der Waals surface area contributed by atoms with Crippen molar-refractivity contribution in [3.63, 3.8) is 0 Å². The monoisotopic (exact) mass is 350 g/mol. The van der Waals surface area contributed by atoms with Crippen LogP contribution in [-0.4, -0.2) is 20.7 Å². The molecule has 0 aliphatic rings. The summed E-state index contributed by atoms with van der Waals surface area (Å²) in [5.74, 6) is -0.240. The van der Waals surface area contributed by atoms with Crippen LogP contribution in [0, 0.1) is 0 Å². The first-order valence-corrected chi connectivity index (χ1v) is 7.67. The fourth-order valence-electron chi connectivity index (χ4n) is 1.77. The van der Waals surface area contributed by atoms with E-state index in [1.165, 1.54) is 11.3 Å². The molecule has 0 spiro atoms. The van der Waals surface area contributed by atoms with Crippen molar-refractivity contribution in [3.8, 4) is 0 Å². The van der Waals surface area contributed by atoms with E-state index in [1.54, 1.807) is 16.9 Å². The molecule has 0 atom stereocenters. The number of rotatable bonds is 3. The van der Waals surface area contributed by atoms with E-state index >= 15 is 0 Å². The number of carbonyl (C=O) groups excluding carboxylic acids is 1. The highest BCUT2D eigenvalue weighted by molar-refractivity contribution is 9.10. The molecule has 0 radical (unpaired) electrons. The number of fused-ring (bicyclic) bond motifs is 1. The quantitative estimate of drug-likeness (QED) is 0.785. The highest BCUT2D eigenvalue weighted by Crippen LogP contribution is 2.28. The van der Waals surface area contributed by atoms with E-state index in [9.17, 15) is 4.79 Å². The number of aryl methyl sites for hydroxylation is 1. The van der Waals surface area contributed by atoms with Gasteiger partial charge in [0.15, 0.2) is 10.8 Å². The predicted octanol–water partition coefficient (Wildman–Crippen LogP) is 3.53. The second-order valence-corrected chi connectivity index (χ2v) is 6.09. The number of hydrogen-bond donors (Lipinski definition) is 1. The largest absolute Gasteiger partial charge is 0.296 e. The van der Waals surface area contributed by atoms with Gasteiger partial charge >= 0.3 is 0 Å². The zero-order valence-corrected chi connectivity index (χ0v) is 13.0. The van der Waals surface area contributed by atoms with Gasteiger partial charge in [-0.1, -0.05) is 27.3 Å². The van der Waals surface area contributed by atoms with Gasteiger partial charge in [0.1, 0.15) is 0 Å². The van der Waals surface area contributed by atoms with Crippen LogP contribution in [0.2, 0.25) is 0 Å². The number of aromatic nitrogens is 3. The standard InChI is InChI=1S/C13H11BrN4OS/c1-2-18-6-5-10(17-18)12(19)16-13-15-9-4-3-8(14)7-11(9)20-13/h3-7H,2H2,1H3,(H,15,16,19). The zero-order valence-electron chi connectivity index (χ0n) is 10.6. The van der Waals surface area contributed by atoms with E-state index < -0.39 is 0 Å². The molecular weight excluding hydrogens is 340 g/mol. The first-order chi connectivity index (χ1) is 9.65. The fourth-order valence-corrected chi connectivity index (χ4v) is 3.18. The smallest absolute Gasteiger partial charge is 0.277 e. The molecular formula is C13H11BrN4OS. The molecule has 0 bridgehead atoms. The van der Waals surface area contributed by atoms with E-state index in [0.29, 0.717) is 10.8 Å². The van der Waals surface area contributed by atoms with Crippen LogP contribution in [0.1, 0.15) is 17.4 Å². The van der Waals surface area contributed by atoms with Crippen LogP contribution in [0.15, 0.2) is 34.9 Å². The minimum absolute atomic E-state index is 0.240. The lowest BCUT2D eigenvalue weighted by Crippen LogP contribution is -2.13. The van der Waals surface area contributed by atoms with Gasteiger partial charge in [0, 0.05) is 17.2 Å². The number of nitrogens with one attached hydrogen (secondary N) is 1. The van der Waals surface area contributed by atoms with Crippen LogP contribution in [0.4, 0.5) is 5.13 Å². The molecule has 2 heterocycles. The van der Waals surface area contributed by atoms with Crippen LogP contribution in [0.25, 0.3) is 10.2 Å². The molecule has 0 saturated carbocycles. The number of hydrogen-bond acceptors (Lipinski definition) is 4. The van der Waals surface area contributed by atoms with E-state index in [0.717, 1.165) is 21.2 Å². The summed E-state index contributed by atoms with van der Waals surface area (Å²) in [6.45, 7) is 2.71. The van der Waals surface area contributed by atoms with E-state index in [2.05, 4.69) is 31.3 Å². The molecule has 0 fully saturated rings. The van der Waals surface area contributed by atoms with Gasteiger partial charge < -0.3 is 0 Å². The Morgan fingerprint density at radius 1 is 1.45 bits per heavy atom. The Bertz CT molecular complexity index is 780. The highest BCUT2D eigenvalue weighted by atomic mass is 79.9. The Hall–Kier alpha value is -1.73. The summed E-state index contributed by atoms with van der Waals surface area (Å²) in [7, 11) is 0. The third-order valence-electron chi connectivity index (χ3n) is 2.77. The molecule has 0 unspecified atom stereocenters. The average molecular weight is 351 g/mol. The van der Waals surface area contributed by atoms with Crippen molar-refractivity contribution in [3.05, 3.63) is 40.6 Å². The molecule has 1 aromatic carbocycles. The molecule has 0 aliphatic carbocycles. The minimum Gasteiger partial charge on any atom is -0.296 e. The Morgan fingerprint density at radius 2 is 2.30 bits per heavy atom. The molecule has 0 aliphatic heterocycles. The fraction of sp³-hybridized carbons (Fsp3) is 0.154. The SMILES string of the molecule is CCn1ccc(C(=O)Nc2nc3ccc(Br)cc3s2)n1. The zero-order chi connectivity index (χ0) is 14.1. The van der Waals surface area contributed by atoms with E-state index in [1.807, 2.05) is 25.1 Å². The van der Waals surface area contributed by atoms with Crippen LogP contribution in [0.5, 0.6) is 0 Å². The Labute approximate surface area is 127 Å². The van der Waals surface area contributed by atoms with Gasteiger partial charge in [0.2, 0.25) is 0 Å². The van der Waals surface area contributed by atoms with Gasteiger partial charge in [-0.05, 0) is 31.2 Å². The Balaban J connectivity index is 1.83. The van der Waals surface area contributed by atoms with Crippen LogP contribution in [-0.2, 0) is 6.54 Å². The van der Waals surface area contributed by atoms with Gasteiger partial charge in [-0.2, -0.15) is 5.10 Å². The van der Waals surface area contributed by atoms with Crippen LogP contribution < -0.4 is 5.32 Å². The van der Waals surface area contributed by atoms with Crippen LogP contribution >= 0.6 is 27.3 Å². The first-order valence-electron chi connectivity index (χ1n) is 6.06. The lowest BCUT2D eigenvalue weighted by Gasteiger charge is -1.97. The molecule has 5 nitrogen and oxygen atoms in total.